The summed E-state index contributed by atoms with van der Waals surface area (Å²) in [6.07, 6.45) is 0. The van der Waals surface area contributed by atoms with Crippen molar-refractivity contribution in [1.82, 2.24) is 10.2 Å². The van der Waals surface area contributed by atoms with Crippen LogP contribution in [0.25, 0.3) is 11.3 Å². The normalized spacial score (nSPS) is 10.7. The van der Waals surface area contributed by atoms with E-state index < -0.39 is 0 Å². The van der Waals surface area contributed by atoms with Crippen LogP contribution in [0.15, 0.2) is 30.3 Å². The molecule has 1 N–H and O–H groups in total. The average Bonchev–Trinajstić information content (AvgIpc) is 2.33. The monoisotopic (exact) mass is 241 g/mol. The first kappa shape index (κ1) is 12.6. The van der Waals surface area contributed by atoms with Crippen LogP contribution in [0, 0.1) is 13.8 Å². The van der Waals surface area contributed by atoms with Crippen molar-refractivity contribution in [2.75, 3.05) is 5.32 Å². The van der Waals surface area contributed by atoms with E-state index in [4.69, 9.17) is 0 Å². The number of benzene rings is 1. The minimum atomic E-state index is 0.367. The largest absolute Gasteiger partial charge is 0.366 e. The topological polar surface area (TPSA) is 37.8 Å². The lowest BCUT2D eigenvalue weighted by molar-refractivity contribution is 0.874. The van der Waals surface area contributed by atoms with Crippen molar-refractivity contribution in [3.8, 4) is 11.3 Å². The molecule has 18 heavy (non-hydrogen) atoms. The number of rotatable bonds is 3. The Balaban J connectivity index is 2.31. The number of hydrogen-bond acceptors (Lipinski definition) is 3. The second-order valence-corrected chi connectivity index (χ2v) is 4.92. The zero-order valence-electron chi connectivity index (χ0n) is 11.4. The molecule has 0 saturated heterocycles. The van der Waals surface area contributed by atoms with Crippen molar-refractivity contribution in [2.45, 2.75) is 33.7 Å². The molecule has 0 fully saturated rings. The summed E-state index contributed by atoms with van der Waals surface area (Å²) in [7, 11) is 0. The van der Waals surface area contributed by atoms with Crippen LogP contribution in [-0.4, -0.2) is 16.2 Å². The van der Waals surface area contributed by atoms with Gasteiger partial charge in [0.05, 0.1) is 5.69 Å². The molecule has 0 atom stereocenters. The fourth-order valence-corrected chi connectivity index (χ4v) is 1.86. The Morgan fingerprint density at radius 2 is 1.78 bits per heavy atom. The van der Waals surface area contributed by atoms with Crippen LogP contribution in [0.4, 0.5) is 5.82 Å². The molecule has 0 aliphatic rings. The molecule has 0 radical (unpaired) electrons. The summed E-state index contributed by atoms with van der Waals surface area (Å²) in [6, 6.07) is 10.7. The molecule has 3 nitrogen and oxygen atoms in total. The van der Waals surface area contributed by atoms with Crippen LogP contribution in [-0.2, 0) is 0 Å². The number of anilines is 1. The molecular weight excluding hydrogens is 222 g/mol. The number of hydrogen-bond donors (Lipinski definition) is 1. The standard InChI is InChI=1S/C15H19N3/c1-10(2)16-15-8-7-14(17-18-15)13-9-11(3)5-6-12(13)4/h5-10H,1-4H3,(H,16,18). The van der Waals surface area contributed by atoms with Crippen LogP contribution < -0.4 is 5.32 Å². The molecule has 1 aromatic carbocycles. The first-order valence-corrected chi connectivity index (χ1v) is 6.24. The van der Waals surface area contributed by atoms with Gasteiger partial charge in [0.2, 0.25) is 0 Å². The molecule has 0 bridgehead atoms. The summed E-state index contributed by atoms with van der Waals surface area (Å²) >= 11 is 0. The fourth-order valence-electron chi connectivity index (χ4n) is 1.86. The molecule has 94 valence electrons. The molecule has 0 aliphatic carbocycles. The lowest BCUT2D eigenvalue weighted by atomic mass is 10.0. The lowest BCUT2D eigenvalue weighted by Crippen LogP contribution is -2.11. The van der Waals surface area contributed by atoms with Crippen LogP contribution >= 0.6 is 0 Å². The van der Waals surface area contributed by atoms with E-state index in [2.05, 4.69) is 61.4 Å². The maximum Gasteiger partial charge on any atom is 0.148 e. The molecule has 0 aliphatic heterocycles. The van der Waals surface area contributed by atoms with E-state index in [0.717, 1.165) is 17.1 Å². The Morgan fingerprint density at radius 3 is 2.39 bits per heavy atom. The molecule has 1 aromatic heterocycles. The maximum atomic E-state index is 4.29. The Hall–Kier alpha value is -1.90. The van der Waals surface area contributed by atoms with Crippen molar-refractivity contribution in [1.29, 1.82) is 0 Å². The lowest BCUT2D eigenvalue weighted by Gasteiger charge is -2.09. The Morgan fingerprint density at radius 1 is 1.00 bits per heavy atom. The van der Waals surface area contributed by atoms with Crippen molar-refractivity contribution in [3.05, 3.63) is 41.5 Å². The van der Waals surface area contributed by atoms with Crippen molar-refractivity contribution < 1.29 is 0 Å². The summed E-state index contributed by atoms with van der Waals surface area (Å²) in [5, 5.41) is 11.7. The van der Waals surface area contributed by atoms with Gasteiger partial charge in [-0.3, -0.25) is 0 Å². The van der Waals surface area contributed by atoms with Gasteiger partial charge in [-0.2, -0.15) is 0 Å². The van der Waals surface area contributed by atoms with E-state index in [0.29, 0.717) is 6.04 Å². The average molecular weight is 241 g/mol. The minimum absolute atomic E-state index is 0.367. The second kappa shape index (κ2) is 5.17. The first-order chi connectivity index (χ1) is 8.56. The Kier molecular flexibility index (Phi) is 3.60. The molecular formula is C15H19N3. The minimum Gasteiger partial charge on any atom is -0.366 e. The van der Waals surface area contributed by atoms with Gasteiger partial charge in [0.1, 0.15) is 5.82 Å². The van der Waals surface area contributed by atoms with E-state index in [1.165, 1.54) is 11.1 Å². The molecule has 2 aromatic rings. The van der Waals surface area contributed by atoms with Gasteiger partial charge in [0.15, 0.2) is 0 Å². The van der Waals surface area contributed by atoms with Gasteiger partial charge in [-0.15, -0.1) is 10.2 Å². The third-order valence-electron chi connectivity index (χ3n) is 2.77. The molecule has 0 unspecified atom stereocenters. The van der Waals surface area contributed by atoms with Gasteiger partial charge in [0, 0.05) is 11.6 Å². The zero-order chi connectivity index (χ0) is 13.1. The SMILES string of the molecule is Cc1ccc(C)c(-c2ccc(NC(C)C)nn2)c1. The summed E-state index contributed by atoms with van der Waals surface area (Å²) < 4.78 is 0. The number of aromatic nitrogens is 2. The zero-order valence-corrected chi connectivity index (χ0v) is 11.4. The maximum absolute atomic E-state index is 4.29. The molecule has 0 amide bonds. The fraction of sp³-hybridized carbons (Fsp3) is 0.333. The second-order valence-electron chi connectivity index (χ2n) is 4.92. The quantitative estimate of drug-likeness (QED) is 0.892. The highest BCUT2D eigenvalue weighted by Gasteiger charge is 2.05. The van der Waals surface area contributed by atoms with E-state index >= 15 is 0 Å². The van der Waals surface area contributed by atoms with E-state index in [-0.39, 0.29) is 0 Å². The van der Waals surface area contributed by atoms with Gasteiger partial charge in [-0.1, -0.05) is 17.7 Å². The van der Waals surface area contributed by atoms with E-state index in [1.807, 2.05) is 12.1 Å². The van der Waals surface area contributed by atoms with E-state index in [1.54, 1.807) is 0 Å². The van der Waals surface area contributed by atoms with Gasteiger partial charge in [0.25, 0.3) is 0 Å². The molecule has 2 rings (SSSR count). The first-order valence-electron chi connectivity index (χ1n) is 6.24. The Bertz CT molecular complexity index is 530. The third-order valence-corrected chi connectivity index (χ3v) is 2.77. The van der Waals surface area contributed by atoms with Gasteiger partial charge >= 0.3 is 0 Å². The molecule has 3 heteroatoms. The van der Waals surface area contributed by atoms with Gasteiger partial charge in [-0.05, 0) is 51.5 Å². The smallest absolute Gasteiger partial charge is 0.148 e. The molecule has 0 saturated carbocycles. The predicted octanol–water partition coefficient (Wildman–Crippen LogP) is 3.58. The number of nitrogens with one attached hydrogen (secondary N) is 1. The van der Waals surface area contributed by atoms with Crippen molar-refractivity contribution >= 4 is 5.82 Å². The molecule has 0 spiro atoms. The van der Waals surface area contributed by atoms with Crippen molar-refractivity contribution in [3.63, 3.8) is 0 Å². The van der Waals surface area contributed by atoms with Crippen LogP contribution in [0.5, 0.6) is 0 Å². The summed E-state index contributed by atoms with van der Waals surface area (Å²) in [4.78, 5) is 0. The number of aryl methyl sites for hydroxylation is 2. The van der Waals surface area contributed by atoms with E-state index in [9.17, 15) is 0 Å². The highest BCUT2D eigenvalue weighted by atomic mass is 15.2. The predicted molar refractivity (Wildman–Crippen MR) is 75.7 cm³/mol. The van der Waals surface area contributed by atoms with Gasteiger partial charge < -0.3 is 5.32 Å². The summed E-state index contributed by atoms with van der Waals surface area (Å²) in [5.41, 5.74) is 4.53. The summed E-state index contributed by atoms with van der Waals surface area (Å²) in [6.45, 7) is 8.35. The molecule has 1 heterocycles. The van der Waals surface area contributed by atoms with Crippen molar-refractivity contribution in [2.24, 2.45) is 0 Å². The van der Waals surface area contributed by atoms with Crippen LogP contribution in [0.1, 0.15) is 25.0 Å². The summed E-state index contributed by atoms with van der Waals surface area (Å²) in [5.74, 6) is 0.819. The highest BCUT2D eigenvalue weighted by molar-refractivity contribution is 5.64. The third kappa shape index (κ3) is 2.86. The highest BCUT2D eigenvalue weighted by Crippen LogP contribution is 2.22. The van der Waals surface area contributed by atoms with Crippen LogP contribution in [0.3, 0.4) is 0 Å². The Labute approximate surface area is 108 Å². The van der Waals surface area contributed by atoms with Crippen LogP contribution in [0.2, 0.25) is 0 Å². The number of nitrogens with zero attached hydrogens (tertiary/aromatic N) is 2. The van der Waals surface area contributed by atoms with Gasteiger partial charge in [-0.25, -0.2) is 0 Å².